The van der Waals surface area contributed by atoms with Crippen LogP contribution in [0.2, 0.25) is 0 Å². The molecule has 0 atom stereocenters. The molecule has 1 aliphatic carbocycles. The number of aliphatic hydroxyl groups excluding tert-OH is 1. The highest BCUT2D eigenvalue weighted by molar-refractivity contribution is 7.89. The quantitative estimate of drug-likeness (QED) is 0.800. The van der Waals surface area contributed by atoms with Gasteiger partial charge in [0.15, 0.2) is 0 Å². The molecule has 1 saturated carbocycles. The number of carbonyl (C=O) groups is 1. The molecule has 1 aromatic rings. The van der Waals surface area contributed by atoms with Gasteiger partial charge in [-0.3, -0.25) is 0 Å². The van der Waals surface area contributed by atoms with E-state index in [9.17, 15) is 18.3 Å². The molecule has 0 spiro atoms. The maximum absolute atomic E-state index is 12.5. The fourth-order valence-corrected chi connectivity index (χ4v) is 3.84. The average molecular weight is 316 g/mol. The Labute approximate surface area is 123 Å². The second-order valence-corrected chi connectivity index (χ2v) is 7.47. The molecule has 21 heavy (non-hydrogen) atoms. The van der Waals surface area contributed by atoms with Gasteiger partial charge in [-0.2, -0.15) is 0 Å². The van der Waals surface area contributed by atoms with E-state index in [1.807, 2.05) is 0 Å². The van der Waals surface area contributed by atoms with Gasteiger partial charge in [-0.25, -0.2) is 17.5 Å². The Balaban J connectivity index is 2.20. The molecule has 118 valence electrons. The third kappa shape index (κ3) is 3.12. The zero-order valence-electron chi connectivity index (χ0n) is 12.1. The fraction of sp³-hybridized carbons (Fsp3) is 0.615. The van der Waals surface area contributed by atoms with Crippen molar-refractivity contribution < 1.29 is 23.4 Å². The van der Waals surface area contributed by atoms with Crippen LogP contribution in [-0.2, 0) is 16.6 Å². The van der Waals surface area contributed by atoms with Gasteiger partial charge in [0.25, 0.3) is 0 Å². The van der Waals surface area contributed by atoms with Crippen molar-refractivity contribution in [1.82, 2.24) is 8.87 Å². The van der Waals surface area contributed by atoms with Gasteiger partial charge in [-0.15, -0.1) is 0 Å². The third-order valence-electron chi connectivity index (χ3n) is 3.87. The monoisotopic (exact) mass is 316 g/mol. The minimum Gasteiger partial charge on any atom is -0.477 e. The molecule has 1 fully saturated rings. The van der Waals surface area contributed by atoms with Crippen molar-refractivity contribution >= 4 is 16.0 Å². The Morgan fingerprint density at radius 3 is 2.52 bits per heavy atom. The van der Waals surface area contributed by atoms with Crippen LogP contribution in [-0.4, -0.2) is 53.2 Å². The molecule has 0 aliphatic heterocycles. The molecule has 2 rings (SSSR count). The SMILES string of the molecule is CCn1cc(S(=O)(=O)N(C)CC2CC(O)C2)cc1C(=O)O. The number of sulfonamides is 1. The van der Waals surface area contributed by atoms with Crippen molar-refractivity contribution in [3.8, 4) is 0 Å². The van der Waals surface area contributed by atoms with Gasteiger partial charge in [0.05, 0.1) is 6.10 Å². The maximum atomic E-state index is 12.5. The first kappa shape index (κ1) is 16.0. The largest absolute Gasteiger partial charge is 0.477 e. The lowest BCUT2D eigenvalue weighted by Crippen LogP contribution is -2.39. The normalized spacial score (nSPS) is 22.3. The molecular formula is C13H20N2O5S. The average Bonchev–Trinajstić information content (AvgIpc) is 2.81. The number of aromatic nitrogens is 1. The van der Waals surface area contributed by atoms with Crippen LogP contribution in [0.5, 0.6) is 0 Å². The number of hydrogen-bond acceptors (Lipinski definition) is 4. The number of rotatable bonds is 6. The van der Waals surface area contributed by atoms with Gasteiger partial charge >= 0.3 is 5.97 Å². The molecule has 0 amide bonds. The summed E-state index contributed by atoms with van der Waals surface area (Å²) in [4.78, 5) is 11.1. The zero-order chi connectivity index (χ0) is 15.8. The van der Waals surface area contributed by atoms with E-state index in [0.717, 1.165) is 0 Å². The van der Waals surface area contributed by atoms with E-state index in [2.05, 4.69) is 0 Å². The molecule has 0 radical (unpaired) electrons. The lowest BCUT2D eigenvalue weighted by atomic mass is 9.82. The Hall–Kier alpha value is -1.38. The second kappa shape index (κ2) is 5.78. The van der Waals surface area contributed by atoms with Crippen LogP contribution in [0.3, 0.4) is 0 Å². The predicted octanol–water partition coefficient (Wildman–Crippen LogP) is 0.598. The highest BCUT2D eigenvalue weighted by Crippen LogP contribution is 2.29. The summed E-state index contributed by atoms with van der Waals surface area (Å²) in [5, 5.41) is 18.3. The van der Waals surface area contributed by atoms with E-state index in [1.165, 1.54) is 28.2 Å². The number of aliphatic hydroxyl groups is 1. The van der Waals surface area contributed by atoms with E-state index in [4.69, 9.17) is 5.11 Å². The minimum absolute atomic E-state index is 0.0101. The molecule has 0 saturated heterocycles. The highest BCUT2D eigenvalue weighted by Gasteiger charge is 2.32. The van der Waals surface area contributed by atoms with Crippen molar-refractivity contribution in [2.45, 2.75) is 37.3 Å². The molecule has 8 heteroatoms. The summed E-state index contributed by atoms with van der Waals surface area (Å²) >= 11 is 0. The van der Waals surface area contributed by atoms with Crippen LogP contribution < -0.4 is 0 Å². The first-order valence-electron chi connectivity index (χ1n) is 6.83. The smallest absolute Gasteiger partial charge is 0.352 e. The summed E-state index contributed by atoms with van der Waals surface area (Å²) in [6.45, 7) is 2.47. The fourth-order valence-electron chi connectivity index (χ4n) is 2.56. The van der Waals surface area contributed by atoms with Crippen LogP contribution in [0, 0.1) is 5.92 Å². The number of aromatic carboxylic acids is 1. The topological polar surface area (TPSA) is 99.8 Å². The summed E-state index contributed by atoms with van der Waals surface area (Å²) in [6, 6.07) is 1.19. The lowest BCUT2D eigenvalue weighted by molar-refractivity contribution is 0.0367. The first-order valence-corrected chi connectivity index (χ1v) is 8.27. The van der Waals surface area contributed by atoms with Gasteiger partial charge in [0.1, 0.15) is 10.6 Å². The summed E-state index contributed by atoms with van der Waals surface area (Å²) in [7, 11) is -2.23. The molecule has 1 aliphatic rings. The van der Waals surface area contributed by atoms with E-state index in [0.29, 0.717) is 25.9 Å². The van der Waals surface area contributed by atoms with Crippen LogP contribution >= 0.6 is 0 Å². The number of carboxylic acids is 1. The first-order chi connectivity index (χ1) is 9.75. The molecule has 1 aromatic heterocycles. The van der Waals surface area contributed by atoms with E-state index < -0.39 is 16.0 Å². The van der Waals surface area contributed by atoms with Gasteiger partial charge in [-0.1, -0.05) is 0 Å². The third-order valence-corrected chi connectivity index (χ3v) is 5.65. The van der Waals surface area contributed by atoms with Crippen molar-refractivity contribution in [3.63, 3.8) is 0 Å². The molecule has 1 heterocycles. The van der Waals surface area contributed by atoms with Crippen molar-refractivity contribution in [2.75, 3.05) is 13.6 Å². The Bertz CT molecular complexity index is 631. The Kier molecular flexibility index (Phi) is 4.40. The lowest BCUT2D eigenvalue weighted by Gasteiger charge is -2.33. The highest BCUT2D eigenvalue weighted by atomic mass is 32.2. The van der Waals surface area contributed by atoms with Gasteiger partial charge < -0.3 is 14.8 Å². The van der Waals surface area contributed by atoms with E-state index >= 15 is 0 Å². The van der Waals surface area contributed by atoms with E-state index in [-0.39, 0.29) is 22.6 Å². The van der Waals surface area contributed by atoms with Crippen molar-refractivity contribution in [1.29, 1.82) is 0 Å². The predicted molar refractivity (Wildman–Crippen MR) is 75.6 cm³/mol. The van der Waals surface area contributed by atoms with E-state index in [1.54, 1.807) is 6.92 Å². The summed E-state index contributed by atoms with van der Waals surface area (Å²) < 4.78 is 27.5. The molecule has 2 N–H and O–H groups in total. The summed E-state index contributed by atoms with van der Waals surface area (Å²) in [5.74, 6) is -0.991. The summed E-state index contributed by atoms with van der Waals surface area (Å²) in [5.41, 5.74) is -0.0384. The number of nitrogens with zero attached hydrogens (tertiary/aromatic N) is 2. The Morgan fingerprint density at radius 1 is 1.48 bits per heavy atom. The second-order valence-electron chi connectivity index (χ2n) is 5.43. The maximum Gasteiger partial charge on any atom is 0.352 e. The zero-order valence-corrected chi connectivity index (χ0v) is 12.9. The van der Waals surface area contributed by atoms with Crippen LogP contribution in [0.4, 0.5) is 0 Å². The Morgan fingerprint density at radius 2 is 2.10 bits per heavy atom. The van der Waals surface area contributed by atoms with Crippen LogP contribution in [0.1, 0.15) is 30.3 Å². The van der Waals surface area contributed by atoms with Gasteiger partial charge in [0, 0.05) is 26.3 Å². The molecule has 0 unspecified atom stereocenters. The van der Waals surface area contributed by atoms with Gasteiger partial charge in [-0.05, 0) is 31.7 Å². The standard InChI is InChI=1S/C13H20N2O5S/c1-3-15-8-11(6-12(15)13(17)18)21(19,20)14(2)7-9-4-10(16)5-9/h6,8-10,16H,3-5,7H2,1-2H3,(H,17,18). The number of hydrogen-bond donors (Lipinski definition) is 2. The molecular weight excluding hydrogens is 296 g/mol. The van der Waals surface area contributed by atoms with Crippen LogP contribution in [0.25, 0.3) is 0 Å². The number of aryl methyl sites for hydroxylation is 1. The van der Waals surface area contributed by atoms with Gasteiger partial charge in [0.2, 0.25) is 10.0 Å². The summed E-state index contributed by atoms with van der Waals surface area (Å²) in [6.07, 6.45) is 2.24. The minimum atomic E-state index is -3.71. The van der Waals surface area contributed by atoms with Crippen molar-refractivity contribution in [3.05, 3.63) is 18.0 Å². The van der Waals surface area contributed by atoms with Crippen molar-refractivity contribution in [2.24, 2.45) is 5.92 Å². The number of carboxylic acid groups (broad SMARTS) is 1. The van der Waals surface area contributed by atoms with Crippen LogP contribution in [0.15, 0.2) is 17.2 Å². The molecule has 0 aromatic carbocycles. The molecule has 7 nitrogen and oxygen atoms in total. The molecule has 0 bridgehead atoms.